The molecule has 0 fully saturated rings. The highest BCUT2D eigenvalue weighted by Gasteiger charge is 2.07. The van der Waals surface area contributed by atoms with Crippen molar-refractivity contribution in [2.75, 3.05) is 5.62 Å². The summed E-state index contributed by atoms with van der Waals surface area (Å²) in [5, 5.41) is 0. The third-order valence-corrected chi connectivity index (χ3v) is 1.40. The Balaban J connectivity index is -0.000000125. The third-order valence-electron chi connectivity index (χ3n) is 0.156. The molecule has 0 rings (SSSR count). The standard InChI is InChI=1S/CH4ClO3P.2ClH/c2-1-6(3,4)5;;/h1H2,(H2,3,4,5);2*1H. The van der Waals surface area contributed by atoms with Crippen molar-refractivity contribution in [1.82, 2.24) is 0 Å². The van der Waals surface area contributed by atoms with Gasteiger partial charge in [-0.25, -0.2) is 0 Å². The summed E-state index contributed by atoms with van der Waals surface area (Å²) in [6.07, 6.45) is 0. The van der Waals surface area contributed by atoms with Crippen molar-refractivity contribution in [1.29, 1.82) is 0 Å². The zero-order valence-electron chi connectivity index (χ0n) is 3.65. The van der Waals surface area contributed by atoms with Gasteiger partial charge in [0.25, 0.3) is 0 Å². The van der Waals surface area contributed by atoms with Crippen molar-refractivity contribution in [3.05, 3.63) is 0 Å². The predicted molar refractivity (Wildman–Crippen MR) is 37.3 cm³/mol. The van der Waals surface area contributed by atoms with Crippen LogP contribution in [0.15, 0.2) is 0 Å². The fraction of sp³-hybridized carbons (Fsp3) is 1.00. The molecule has 0 aromatic heterocycles. The van der Waals surface area contributed by atoms with E-state index in [9.17, 15) is 4.57 Å². The Morgan fingerprint density at radius 3 is 1.50 bits per heavy atom. The van der Waals surface area contributed by atoms with Gasteiger partial charge in [-0.05, 0) is 0 Å². The largest absolute Gasteiger partial charge is 0.340 e. The molecule has 0 amide bonds. The van der Waals surface area contributed by atoms with Gasteiger partial charge < -0.3 is 9.79 Å². The Bertz CT molecular complexity index is 78.6. The SMILES string of the molecule is Cl.Cl.O=P(O)(O)CCl. The van der Waals surface area contributed by atoms with E-state index in [0.717, 1.165) is 0 Å². The number of halogens is 3. The van der Waals surface area contributed by atoms with Crippen LogP contribution in [-0.2, 0) is 4.57 Å². The van der Waals surface area contributed by atoms with E-state index in [1.807, 2.05) is 0 Å². The highest BCUT2D eigenvalue weighted by molar-refractivity contribution is 7.53. The lowest BCUT2D eigenvalue weighted by molar-refractivity contribution is 0.379. The lowest BCUT2D eigenvalue weighted by atomic mass is 11.9. The fourth-order valence-corrected chi connectivity index (χ4v) is 0. The quantitative estimate of drug-likeness (QED) is 0.497. The van der Waals surface area contributed by atoms with E-state index < -0.39 is 13.2 Å². The first-order valence-electron chi connectivity index (χ1n) is 1.17. The van der Waals surface area contributed by atoms with Gasteiger partial charge >= 0.3 is 7.60 Å². The van der Waals surface area contributed by atoms with Crippen LogP contribution in [0.4, 0.5) is 0 Å². The molecule has 0 aliphatic carbocycles. The van der Waals surface area contributed by atoms with E-state index in [2.05, 4.69) is 0 Å². The second-order valence-electron chi connectivity index (χ2n) is 0.784. The Kier molecular flexibility index (Phi) is 12.3. The molecular formula is CH6Cl3O3P. The van der Waals surface area contributed by atoms with Crippen LogP contribution < -0.4 is 0 Å². The maximum absolute atomic E-state index is 9.56. The first-order valence-corrected chi connectivity index (χ1v) is 3.50. The van der Waals surface area contributed by atoms with Gasteiger partial charge in [0.15, 0.2) is 0 Å². The Morgan fingerprint density at radius 2 is 1.50 bits per heavy atom. The summed E-state index contributed by atoms with van der Waals surface area (Å²) in [5.41, 5.74) is -0.590. The molecule has 0 atom stereocenters. The zero-order chi connectivity index (χ0) is 5.21. The summed E-state index contributed by atoms with van der Waals surface area (Å²) in [4.78, 5) is 15.6. The fourth-order valence-electron chi connectivity index (χ4n) is 0. The molecule has 8 heavy (non-hydrogen) atoms. The molecule has 2 N–H and O–H groups in total. The van der Waals surface area contributed by atoms with Crippen LogP contribution in [0.3, 0.4) is 0 Å². The predicted octanol–water partition coefficient (Wildman–Crippen LogP) is 1.20. The molecule has 0 heterocycles. The number of rotatable bonds is 1. The Morgan fingerprint density at radius 1 is 1.38 bits per heavy atom. The maximum Gasteiger partial charge on any atom is 0.340 e. The zero-order valence-corrected chi connectivity index (χ0v) is 6.93. The van der Waals surface area contributed by atoms with Crippen molar-refractivity contribution in [3.63, 3.8) is 0 Å². The lowest BCUT2D eigenvalue weighted by Crippen LogP contribution is -1.73. The van der Waals surface area contributed by atoms with Crippen molar-refractivity contribution < 1.29 is 14.4 Å². The first-order chi connectivity index (χ1) is 2.56. The molecule has 0 aromatic rings. The third kappa shape index (κ3) is 15.7. The van der Waals surface area contributed by atoms with Crippen molar-refractivity contribution in [2.45, 2.75) is 0 Å². The second-order valence-corrected chi connectivity index (χ2v) is 3.07. The lowest BCUT2D eigenvalue weighted by Gasteiger charge is -1.90. The van der Waals surface area contributed by atoms with E-state index in [1.165, 1.54) is 0 Å². The minimum atomic E-state index is -3.88. The summed E-state index contributed by atoms with van der Waals surface area (Å²) in [5.74, 6) is 0. The van der Waals surface area contributed by atoms with Crippen molar-refractivity contribution in [2.24, 2.45) is 0 Å². The highest BCUT2D eigenvalue weighted by Crippen LogP contribution is 2.34. The van der Waals surface area contributed by atoms with Crippen LogP contribution in [0.2, 0.25) is 0 Å². The number of hydrogen-bond acceptors (Lipinski definition) is 1. The normalized spacial score (nSPS) is 8.88. The number of alkyl halides is 1. The maximum atomic E-state index is 9.56. The van der Waals surface area contributed by atoms with Crippen LogP contribution in [0, 0.1) is 0 Å². The number of hydrogen-bond donors (Lipinski definition) is 2. The molecule has 0 spiro atoms. The topological polar surface area (TPSA) is 57.5 Å². The van der Waals surface area contributed by atoms with Gasteiger partial charge in [0, 0.05) is 0 Å². The van der Waals surface area contributed by atoms with Gasteiger partial charge in [-0.3, -0.25) is 4.57 Å². The van der Waals surface area contributed by atoms with Crippen LogP contribution in [0.1, 0.15) is 0 Å². The van der Waals surface area contributed by atoms with Gasteiger partial charge in [0.05, 0.1) is 0 Å². The monoisotopic (exact) mass is 202 g/mol. The van der Waals surface area contributed by atoms with Gasteiger partial charge in [-0.1, -0.05) is 0 Å². The molecule has 7 heteroatoms. The van der Waals surface area contributed by atoms with E-state index in [0.29, 0.717) is 0 Å². The molecule has 3 nitrogen and oxygen atoms in total. The van der Waals surface area contributed by atoms with Crippen LogP contribution in [0.25, 0.3) is 0 Å². The summed E-state index contributed by atoms with van der Waals surface area (Å²) < 4.78 is 9.56. The smallest absolute Gasteiger partial charge is 0.324 e. The molecule has 0 radical (unpaired) electrons. The minimum Gasteiger partial charge on any atom is -0.324 e. The molecule has 54 valence electrons. The van der Waals surface area contributed by atoms with Gasteiger partial charge in [-0.15, -0.1) is 36.4 Å². The molecule has 0 aliphatic rings. The first kappa shape index (κ1) is 16.0. The molecule has 0 aromatic carbocycles. The van der Waals surface area contributed by atoms with Crippen LogP contribution >= 0.6 is 44.0 Å². The molecule has 0 aliphatic heterocycles. The van der Waals surface area contributed by atoms with E-state index >= 15 is 0 Å². The highest BCUT2D eigenvalue weighted by atomic mass is 35.5. The van der Waals surface area contributed by atoms with E-state index in [4.69, 9.17) is 21.4 Å². The molecule has 0 bridgehead atoms. The van der Waals surface area contributed by atoms with Crippen molar-refractivity contribution >= 4 is 44.0 Å². The van der Waals surface area contributed by atoms with Gasteiger partial charge in [0.1, 0.15) is 5.62 Å². The van der Waals surface area contributed by atoms with Gasteiger partial charge in [-0.2, -0.15) is 0 Å². The summed E-state index contributed by atoms with van der Waals surface area (Å²) >= 11 is 4.71. The van der Waals surface area contributed by atoms with Gasteiger partial charge in [0.2, 0.25) is 0 Å². The summed E-state index contributed by atoms with van der Waals surface area (Å²) in [6.45, 7) is 0. The minimum absolute atomic E-state index is 0. The average Bonchev–Trinajstić information content (AvgIpc) is 1.35. The molecule has 0 unspecified atom stereocenters. The van der Waals surface area contributed by atoms with Crippen molar-refractivity contribution in [3.8, 4) is 0 Å². The average molecular weight is 203 g/mol. The molecular weight excluding hydrogens is 197 g/mol. The Labute approximate surface area is 64.4 Å². The Hall–Kier alpha value is 1.02. The summed E-state index contributed by atoms with van der Waals surface area (Å²) in [6, 6.07) is 0. The second kappa shape index (κ2) is 6.14. The van der Waals surface area contributed by atoms with Crippen LogP contribution in [0.5, 0.6) is 0 Å². The van der Waals surface area contributed by atoms with E-state index in [1.54, 1.807) is 0 Å². The molecule has 0 saturated carbocycles. The van der Waals surface area contributed by atoms with Crippen LogP contribution in [-0.4, -0.2) is 15.4 Å². The molecule has 0 saturated heterocycles. The van der Waals surface area contributed by atoms with E-state index in [-0.39, 0.29) is 24.8 Å². The summed E-state index contributed by atoms with van der Waals surface area (Å²) in [7, 11) is -3.88.